The summed E-state index contributed by atoms with van der Waals surface area (Å²) in [5.41, 5.74) is 3.10. The average molecular weight is 515 g/mol. The smallest absolute Gasteiger partial charge is 0.338 e. The zero-order valence-corrected chi connectivity index (χ0v) is 23.3. The summed E-state index contributed by atoms with van der Waals surface area (Å²) in [6, 6.07) is 7.19. The number of hydrogen-bond acceptors (Lipinski definition) is 6. The van der Waals surface area contributed by atoms with E-state index in [4.69, 9.17) is 9.47 Å². The normalized spacial score (nSPS) is 21.2. The van der Waals surface area contributed by atoms with E-state index in [1.165, 1.54) is 12.7 Å². The third kappa shape index (κ3) is 6.51. The van der Waals surface area contributed by atoms with Gasteiger partial charge in [-0.15, -0.1) is 0 Å². The Bertz CT molecular complexity index is 1010. The molecule has 2 unspecified atom stereocenters. The molecule has 2 aliphatic rings. The highest BCUT2D eigenvalue weighted by atomic mass is 16.5. The Kier molecular flexibility index (Phi) is 9.36. The topological polar surface area (TPSA) is 91.4 Å². The fraction of sp³-hybridized carbons (Fsp3) is 0.607. The molecule has 9 heteroatoms. The third-order valence-corrected chi connectivity index (χ3v) is 7.03. The van der Waals surface area contributed by atoms with Gasteiger partial charge in [0.2, 0.25) is 5.91 Å². The van der Waals surface area contributed by atoms with E-state index in [2.05, 4.69) is 31.0 Å². The van der Waals surface area contributed by atoms with Crippen molar-refractivity contribution in [1.29, 1.82) is 0 Å². The number of carbonyl (C=O) groups excluding carboxylic acids is 3. The monoisotopic (exact) mass is 514 g/mol. The van der Waals surface area contributed by atoms with Gasteiger partial charge in [-0.2, -0.15) is 0 Å². The summed E-state index contributed by atoms with van der Waals surface area (Å²) in [5, 5.41) is 3.04. The first-order chi connectivity index (χ1) is 17.5. The predicted octanol–water partition coefficient (Wildman–Crippen LogP) is 3.07. The van der Waals surface area contributed by atoms with Crippen molar-refractivity contribution in [3.8, 4) is 0 Å². The van der Waals surface area contributed by atoms with Crippen molar-refractivity contribution in [3.63, 3.8) is 0 Å². The van der Waals surface area contributed by atoms with Gasteiger partial charge in [-0.1, -0.05) is 45.0 Å². The minimum absolute atomic E-state index is 0.0121. The van der Waals surface area contributed by atoms with Crippen molar-refractivity contribution in [1.82, 2.24) is 20.0 Å². The number of urea groups is 1. The summed E-state index contributed by atoms with van der Waals surface area (Å²) in [6.07, 6.45) is 0. The van der Waals surface area contributed by atoms with Gasteiger partial charge in [0.15, 0.2) is 0 Å². The Labute approximate surface area is 220 Å². The molecule has 204 valence electrons. The van der Waals surface area contributed by atoms with Crippen LogP contribution in [-0.4, -0.2) is 91.7 Å². The highest BCUT2D eigenvalue weighted by Gasteiger charge is 2.39. The van der Waals surface area contributed by atoms with Gasteiger partial charge in [-0.05, 0) is 37.3 Å². The van der Waals surface area contributed by atoms with Gasteiger partial charge in [0, 0.05) is 51.6 Å². The van der Waals surface area contributed by atoms with Crippen LogP contribution in [0.5, 0.6) is 0 Å². The minimum Gasteiger partial charge on any atom is -0.463 e. The maximum absolute atomic E-state index is 13.4. The number of esters is 1. The molecule has 1 aromatic rings. The summed E-state index contributed by atoms with van der Waals surface area (Å²) in [4.78, 5) is 44.6. The maximum atomic E-state index is 13.4. The molecular weight excluding hydrogens is 472 g/mol. The molecule has 2 heterocycles. The van der Waals surface area contributed by atoms with Crippen LogP contribution in [0, 0.1) is 0 Å². The summed E-state index contributed by atoms with van der Waals surface area (Å²) in [6.45, 7) is 15.1. The predicted molar refractivity (Wildman–Crippen MR) is 142 cm³/mol. The highest BCUT2D eigenvalue weighted by molar-refractivity contribution is 5.95. The standard InChI is InChI=1S/C28H42N4O5/c1-8-31-22(17-30-14-15-32(19(3)16-30)23(33)18-36-7)24(26(34)37-9-2)25(29-27(31)35)20-10-12-21(13-11-20)28(4,5)6/h10-13,19,25H,8-9,14-18H2,1-7H3,(H,29,35). The molecular formula is C28H42N4O5. The average Bonchev–Trinajstić information content (AvgIpc) is 2.83. The van der Waals surface area contributed by atoms with Gasteiger partial charge >= 0.3 is 12.0 Å². The van der Waals surface area contributed by atoms with Gasteiger partial charge < -0.3 is 19.7 Å². The van der Waals surface area contributed by atoms with Crippen LogP contribution in [0.1, 0.15) is 58.7 Å². The highest BCUT2D eigenvalue weighted by Crippen LogP contribution is 2.33. The van der Waals surface area contributed by atoms with Crippen LogP contribution >= 0.6 is 0 Å². The Hall–Kier alpha value is -2.91. The number of methoxy groups -OCH3 is 1. The first-order valence-corrected chi connectivity index (χ1v) is 13.1. The van der Waals surface area contributed by atoms with Crippen LogP contribution in [0.15, 0.2) is 35.5 Å². The molecule has 3 rings (SSSR count). The second kappa shape index (κ2) is 12.1. The lowest BCUT2D eigenvalue weighted by Gasteiger charge is -2.42. The SMILES string of the molecule is CCOC(=O)C1=C(CN2CCN(C(=O)COC)C(C)C2)N(CC)C(=O)NC1c1ccc(C(C)(C)C)cc1. The minimum atomic E-state index is -0.611. The van der Waals surface area contributed by atoms with Crippen LogP contribution in [0.4, 0.5) is 4.79 Å². The summed E-state index contributed by atoms with van der Waals surface area (Å²) in [5.74, 6) is -0.463. The number of carbonyl (C=O) groups is 3. The van der Waals surface area contributed by atoms with Crippen LogP contribution in [0.2, 0.25) is 0 Å². The van der Waals surface area contributed by atoms with E-state index in [1.807, 2.05) is 43.0 Å². The van der Waals surface area contributed by atoms with E-state index in [1.54, 1.807) is 11.8 Å². The summed E-state index contributed by atoms with van der Waals surface area (Å²) < 4.78 is 10.5. The van der Waals surface area contributed by atoms with Crippen LogP contribution < -0.4 is 5.32 Å². The number of nitrogens with zero attached hydrogens (tertiary/aromatic N) is 3. The van der Waals surface area contributed by atoms with E-state index in [-0.39, 0.29) is 36.6 Å². The molecule has 3 amide bonds. The Morgan fingerprint density at radius 2 is 1.78 bits per heavy atom. The van der Waals surface area contributed by atoms with Gasteiger partial charge in [-0.3, -0.25) is 14.6 Å². The molecule has 0 spiro atoms. The molecule has 1 fully saturated rings. The molecule has 0 aliphatic carbocycles. The second-order valence-electron chi connectivity index (χ2n) is 10.7. The number of ether oxygens (including phenoxy) is 2. The first kappa shape index (κ1) is 28.7. The van der Waals surface area contributed by atoms with E-state index in [0.29, 0.717) is 44.0 Å². The maximum Gasteiger partial charge on any atom is 0.338 e. The van der Waals surface area contributed by atoms with Gasteiger partial charge in [0.1, 0.15) is 6.61 Å². The molecule has 0 aromatic heterocycles. The number of likely N-dealkylation sites (N-methyl/N-ethyl adjacent to an activating group) is 1. The number of hydrogen-bond donors (Lipinski definition) is 1. The van der Waals surface area contributed by atoms with E-state index >= 15 is 0 Å². The molecule has 0 bridgehead atoms. The zero-order valence-electron chi connectivity index (χ0n) is 23.3. The molecule has 0 radical (unpaired) electrons. The molecule has 1 saturated heterocycles. The first-order valence-electron chi connectivity index (χ1n) is 13.1. The van der Waals surface area contributed by atoms with Crippen molar-refractivity contribution < 1.29 is 23.9 Å². The lowest BCUT2D eigenvalue weighted by atomic mass is 9.85. The van der Waals surface area contributed by atoms with E-state index in [0.717, 1.165) is 5.56 Å². The quantitative estimate of drug-likeness (QED) is 0.536. The molecule has 37 heavy (non-hydrogen) atoms. The number of nitrogens with one attached hydrogen (secondary N) is 1. The van der Waals surface area contributed by atoms with E-state index in [9.17, 15) is 14.4 Å². The largest absolute Gasteiger partial charge is 0.463 e. The number of piperazine rings is 1. The van der Waals surface area contributed by atoms with Crippen molar-refractivity contribution >= 4 is 17.9 Å². The van der Waals surface area contributed by atoms with Crippen molar-refractivity contribution in [3.05, 3.63) is 46.7 Å². The van der Waals surface area contributed by atoms with Crippen LogP contribution in [-0.2, 0) is 24.5 Å². The van der Waals surface area contributed by atoms with Crippen LogP contribution in [0.25, 0.3) is 0 Å². The van der Waals surface area contributed by atoms with Gasteiger partial charge in [0.05, 0.1) is 18.2 Å². The Balaban J connectivity index is 1.98. The molecule has 1 N–H and O–H groups in total. The summed E-state index contributed by atoms with van der Waals surface area (Å²) in [7, 11) is 1.52. The zero-order chi connectivity index (χ0) is 27.3. The molecule has 0 saturated carbocycles. The number of benzene rings is 1. The molecule has 2 aliphatic heterocycles. The summed E-state index contributed by atoms with van der Waals surface area (Å²) >= 11 is 0. The van der Waals surface area contributed by atoms with Gasteiger partial charge in [-0.25, -0.2) is 9.59 Å². The van der Waals surface area contributed by atoms with Crippen molar-refractivity contribution in [2.45, 2.75) is 59.0 Å². The lowest BCUT2D eigenvalue weighted by molar-refractivity contribution is -0.139. The molecule has 9 nitrogen and oxygen atoms in total. The molecule has 1 aromatic carbocycles. The second-order valence-corrected chi connectivity index (χ2v) is 10.7. The van der Waals surface area contributed by atoms with Crippen molar-refractivity contribution in [2.24, 2.45) is 0 Å². The van der Waals surface area contributed by atoms with Crippen LogP contribution in [0.3, 0.4) is 0 Å². The van der Waals surface area contributed by atoms with Crippen molar-refractivity contribution in [2.75, 3.05) is 53.0 Å². The third-order valence-electron chi connectivity index (χ3n) is 7.03. The Morgan fingerprint density at radius 1 is 1.11 bits per heavy atom. The van der Waals surface area contributed by atoms with Gasteiger partial charge in [0.25, 0.3) is 0 Å². The molecule has 2 atom stereocenters. The number of rotatable bonds is 8. The van der Waals surface area contributed by atoms with E-state index < -0.39 is 12.0 Å². The fourth-order valence-electron chi connectivity index (χ4n) is 5.05. The fourth-order valence-corrected chi connectivity index (χ4v) is 5.05. The Morgan fingerprint density at radius 3 is 2.32 bits per heavy atom. The lowest BCUT2D eigenvalue weighted by Crippen LogP contribution is -2.57. The number of amides is 3.